The minimum absolute atomic E-state index is 0.290. The molecule has 1 N–H and O–H groups in total. The van der Waals surface area contributed by atoms with E-state index in [4.69, 9.17) is 11.6 Å². The highest BCUT2D eigenvalue weighted by Gasteiger charge is 2.13. The van der Waals surface area contributed by atoms with Crippen LogP contribution in [-0.4, -0.2) is 13.1 Å². The van der Waals surface area contributed by atoms with Gasteiger partial charge in [0.15, 0.2) is 0 Å². The Morgan fingerprint density at radius 1 is 1.40 bits per heavy atom. The molecule has 1 aromatic carbocycles. The maximum atomic E-state index is 11.4. The number of amides is 2. The number of hydrogen-bond acceptors (Lipinski definition) is 2. The summed E-state index contributed by atoms with van der Waals surface area (Å²) in [7, 11) is 1.55. The molecule has 0 unspecified atom stereocenters. The SMILES string of the molecule is CNC(=O)N(S)c1cc(Cl)c(C)cc1C. The highest BCUT2D eigenvalue weighted by Crippen LogP contribution is 2.28. The van der Waals surface area contributed by atoms with Gasteiger partial charge < -0.3 is 5.32 Å². The maximum absolute atomic E-state index is 11.4. The Morgan fingerprint density at radius 3 is 2.53 bits per heavy atom. The monoisotopic (exact) mass is 244 g/mol. The lowest BCUT2D eigenvalue weighted by molar-refractivity contribution is 0.252. The summed E-state index contributed by atoms with van der Waals surface area (Å²) in [5.41, 5.74) is 2.63. The molecule has 0 spiro atoms. The first kappa shape index (κ1) is 12.2. The van der Waals surface area contributed by atoms with Gasteiger partial charge in [0.1, 0.15) is 0 Å². The normalized spacial score (nSPS) is 9.93. The average Bonchev–Trinajstić information content (AvgIpc) is 2.21. The molecule has 0 fully saturated rings. The Bertz CT molecular complexity index is 395. The van der Waals surface area contributed by atoms with Crippen LogP contribution in [-0.2, 0) is 0 Å². The molecule has 0 aromatic heterocycles. The summed E-state index contributed by atoms with van der Waals surface area (Å²) in [5.74, 6) is 0. The van der Waals surface area contributed by atoms with Gasteiger partial charge in [-0.1, -0.05) is 30.5 Å². The quantitative estimate of drug-likeness (QED) is 0.732. The van der Waals surface area contributed by atoms with E-state index in [0.29, 0.717) is 10.7 Å². The lowest BCUT2D eigenvalue weighted by atomic mass is 10.1. The van der Waals surface area contributed by atoms with Crippen molar-refractivity contribution in [2.24, 2.45) is 0 Å². The lowest BCUT2D eigenvalue weighted by Crippen LogP contribution is -2.31. The summed E-state index contributed by atoms with van der Waals surface area (Å²) in [5, 5.41) is 3.12. The van der Waals surface area contributed by atoms with Crippen molar-refractivity contribution in [1.29, 1.82) is 0 Å². The molecule has 3 nitrogen and oxygen atoms in total. The van der Waals surface area contributed by atoms with E-state index in [1.165, 1.54) is 4.31 Å². The Kier molecular flexibility index (Phi) is 3.88. The van der Waals surface area contributed by atoms with E-state index < -0.39 is 0 Å². The number of carbonyl (C=O) groups excluding carboxylic acids is 1. The van der Waals surface area contributed by atoms with Crippen molar-refractivity contribution in [3.8, 4) is 0 Å². The highest BCUT2D eigenvalue weighted by atomic mass is 35.5. The van der Waals surface area contributed by atoms with Crippen LogP contribution in [0.2, 0.25) is 5.02 Å². The number of thiol groups is 1. The van der Waals surface area contributed by atoms with Crippen LogP contribution in [0.5, 0.6) is 0 Å². The number of anilines is 1. The zero-order valence-corrected chi connectivity index (χ0v) is 10.5. The van der Waals surface area contributed by atoms with Crippen LogP contribution >= 0.6 is 24.4 Å². The van der Waals surface area contributed by atoms with Gasteiger partial charge >= 0.3 is 6.03 Å². The summed E-state index contributed by atoms with van der Waals surface area (Å²) in [6, 6.07) is 3.36. The van der Waals surface area contributed by atoms with Gasteiger partial charge in [0, 0.05) is 12.1 Å². The van der Waals surface area contributed by atoms with Crippen LogP contribution in [0, 0.1) is 13.8 Å². The number of nitrogens with zero attached hydrogens (tertiary/aromatic N) is 1. The first-order valence-electron chi connectivity index (χ1n) is 4.45. The molecule has 0 saturated heterocycles. The van der Waals surface area contributed by atoms with Gasteiger partial charge in [0.25, 0.3) is 0 Å². The molecule has 0 heterocycles. The predicted molar refractivity (Wildman–Crippen MR) is 66.8 cm³/mol. The molecule has 0 aliphatic carbocycles. The smallest absolute Gasteiger partial charge is 0.331 e. The number of aryl methyl sites for hydroxylation is 2. The van der Waals surface area contributed by atoms with Crippen LogP contribution in [0.3, 0.4) is 0 Å². The van der Waals surface area contributed by atoms with E-state index in [1.807, 2.05) is 19.9 Å². The van der Waals surface area contributed by atoms with Gasteiger partial charge in [-0.25, -0.2) is 9.10 Å². The third kappa shape index (κ3) is 2.58. The number of hydrogen-bond donors (Lipinski definition) is 2. The molecule has 1 rings (SSSR count). The van der Waals surface area contributed by atoms with E-state index in [9.17, 15) is 4.79 Å². The van der Waals surface area contributed by atoms with Crippen LogP contribution in [0.4, 0.5) is 10.5 Å². The Balaban J connectivity index is 3.14. The van der Waals surface area contributed by atoms with Crippen molar-refractivity contribution in [3.63, 3.8) is 0 Å². The summed E-state index contributed by atoms with van der Waals surface area (Å²) in [6.07, 6.45) is 0. The van der Waals surface area contributed by atoms with Gasteiger partial charge in [-0.3, -0.25) is 0 Å². The van der Waals surface area contributed by atoms with Crippen molar-refractivity contribution in [1.82, 2.24) is 5.32 Å². The highest BCUT2D eigenvalue weighted by molar-refractivity contribution is 7.82. The summed E-state index contributed by atoms with van der Waals surface area (Å²) < 4.78 is 1.24. The van der Waals surface area contributed by atoms with E-state index in [0.717, 1.165) is 11.1 Å². The minimum Gasteiger partial charge on any atom is -0.340 e. The molecule has 0 aliphatic heterocycles. The largest absolute Gasteiger partial charge is 0.340 e. The molecule has 0 aliphatic rings. The topological polar surface area (TPSA) is 32.3 Å². The molecule has 1 aromatic rings. The van der Waals surface area contributed by atoms with Crippen LogP contribution in [0.25, 0.3) is 0 Å². The second kappa shape index (κ2) is 4.77. The number of halogens is 1. The molecule has 82 valence electrons. The zero-order chi connectivity index (χ0) is 11.6. The predicted octanol–water partition coefficient (Wildman–Crippen LogP) is 2.95. The van der Waals surface area contributed by atoms with Gasteiger partial charge in [-0.05, 0) is 31.0 Å². The van der Waals surface area contributed by atoms with E-state index in [-0.39, 0.29) is 6.03 Å². The molecule has 15 heavy (non-hydrogen) atoms. The van der Waals surface area contributed by atoms with Crippen molar-refractivity contribution in [3.05, 3.63) is 28.3 Å². The third-order valence-corrected chi connectivity index (χ3v) is 2.92. The Morgan fingerprint density at radius 2 is 2.00 bits per heavy atom. The number of carbonyl (C=O) groups is 1. The van der Waals surface area contributed by atoms with Crippen LogP contribution in [0.15, 0.2) is 12.1 Å². The number of urea groups is 1. The summed E-state index contributed by atoms with van der Waals surface area (Å²) in [4.78, 5) is 11.4. The van der Waals surface area contributed by atoms with Crippen molar-refractivity contribution in [2.45, 2.75) is 13.8 Å². The van der Waals surface area contributed by atoms with Gasteiger partial charge in [0.2, 0.25) is 0 Å². The second-order valence-corrected chi connectivity index (χ2v) is 4.06. The second-order valence-electron chi connectivity index (χ2n) is 3.25. The van der Waals surface area contributed by atoms with Crippen molar-refractivity contribution in [2.75, 3.05) is 11.4 Å². The molecule has 0 saturated carbocycles. The lowest BCUT2D eigenvalue weighted by Gasteiger charge is -2.18. The van der Waals surface area contributed by atoms with E-state index in [1.54, 1.807) is 13.1 Å². The summed E-state index contributed by atoms with van der Waals surface area (Å²) in [6.45, 7) is 3.83. The fraction of sp³-hybridized carbons (Fsp3) is 0.300. The van der Waals surface area contributed by atoms with E-state index >= 15 is 0 Å². The standard InChI is InChI=1S/C10H13ClN2OS/c1-6-4-7(2)9(5-8(6)11)13(15)10(14)12-3/h4-5,15H,1-3H3,(H,12,14). The molecule has 2 amide bonds. The fourth-order valence-corrected chi connectivity index (χ4v) is 1.73. The van der Waals surface area contributed by atoms with Gasteiger partial charge in [0.05, 0.1) is 5.69 Å². The van der Waals surface area contributed by atoms with Crippen LogP contribution in [0.1, 0.15) is 11.1 Å². The number of rotatable bonds is 1. The zero-order valence-electron chi connectivity index (χ0n) is 8.84. The first-order chi connectivity index (χ1) is 6.97. The molecular weight excluding hydrogens is 232 g/mol. The van der Waals surface area contributed by atoms with Crippen LogP contribution < -0.4 is 9.62 Å². The minimum atomic E-state index is -0.290. The molecule has 5 heteroatoms. The van der Waals surface area contributed by atoms with Crippen molar-refractivity contribution >= 4 is 36.1 Å². The van der Waals surface area contributed by atoms with Gasteiger partial charge in [-0.2, -0.15) is 0 Å². The first-order valence-corrected chi connectivity index (χ1v) is 5.22. The average molecular weight is 245 g/mol. The molecule has 0 radical (unpaired) electrons. The third-order valence-electron chi connectivity index (χ3n) is 2.11. The maximum Gasteiger partial charge on any atom is 0.331 e. The number of nitrogens with one attached hydrogen (secondary N) is 1. The van der Waals surface area contributed by atoms with Gasteiger partial charge in [-0.15, -0.1) is 0 Å². The fourth-order valence-electron chi connectivity index (χ4n) is 1.26. The Labute approximate surface area is 100.0 Å². The molecular formula is C10H13ClN2OS. The summed E-state index contributed by atoms with van der Waals surface area (Å²) >= 11 is 10.1. The number of benzene rings is 1. The Hall–Kier alpha value is -0.870. The van der Waals surface area contributed by atoms with Crippen molar-refractivity contribution < 1.29 is 4.79 Å². The molecule has 0 bridgehead atoms. The van der Waals surface area contributed by atoms with E-state index in [2.05, 4.69) is 18.1 Å². The molecule has 0 atom stereocenters.